The molecule has 6 heteroatoms. The van der Waals surface area contributed by atoms with E-state index in [1.807, 2.05) is 6.92 Å². The Morgan fingerprint density at radius 3 is 2.37 bits per heavy atom. The van der Waals surface area contributed by atoms with Crippen LogP contribution in [0, 0.1) is 5.92 Å². The number of carbonyl (C=O) groups excluding carboxylic acids is 1. The summed E-state index contributed by atoms with van der Waals surface area (Å²) in [5.74, 6) is 0.422. The first-order chi connectivity index (χ1) is 8.91. The third-order valence-electron chi connectivity index (χ3n) is 3.54. The lowest BCUT2D eigenvalue weighted by Crippen LogP contribution is -2.48. The predicted octanol–water partition coefficient (Wildman–Crippen LogP) is 2.83. The third-order valence-corrected chi connectivity index (χ3v) is 3.54. The first kappa shape index (κ1) is 13.9. The molecule has 1 aromatic carbocycles. The van der Waals surface area contributed by atoms with Gasteiger partial charge in [-0.3, -0.25) is 4.79 Å². The molecule has 1 unspecified atom stereocenters. The topological polar surface area (TPSA) is 29.5 Å². The molecule has 0 N–H and O–H groups in total. The van der Waals surface area contributed by atoms with Crippen molar-refractivity contribution in [3.05, 3.63) is 35.4 Å². The Hall–Kier alpha value is -1.56. The lowest BCUT2D eigenvalue weighted by atomic mass is 9.83. The van der Waals surface area contributed by atoms with Gasteiger partial charge in [-0.05, 0) is 29.5 Å². The van der Waals surface area contributed by atoms with E-state index in [9.17, 15) is 18.0 Å². The molecule has 1 aliphatic heterocycles. The molecule has 0 bridgehead atoms. The Morgan fingerprint density at radius 2 is 1.89 bits per heavy atom. The van der Waals surface area contributed by atoms with Gasteiger partial charge >= 0.3 is 12.6 Å². The summed E-state index contributed by atoms with van der Waals surface area (Å²) < 4.78 is 37.3. The van der Waals surface area contributed by atoms with Gasteiger partial charge in [0.05, 0.1) is 5.56 Å². The molecule has 1 fully saturated rings. The van der Waals surface area contributed by atoms with Gasteiger partial charge in [0.1, 0.15) is 0 Å². The summed E-state index contributed by atoms with van der Waals surface area (Å²) in [6.45, 7) is 3.56. The fourth-order valence-corrected chi connectivity index (χ4v) is 2.18. The van der Waals surface area contributed by atoms with Gasteiger partial charge in [-0.1, -0.05) is 19.1 Å². The minimum atomic E-state index is -4.30. The van der Waals surface area contributed by atoms with E-state index in [0.717, 1.165) is 17.7 Å². The zero-order valence-corrected chi connectivity index (χ0v) is 10.4. The number of benzene rings is 1. The third kappa shape index (κ3) is 3.07. The van der Waals surface area contributed by atoms with Crippen LogP contribution in [-0.2, 0) is 15.8 Å². The van der Waals surface area contributed by atoms with Crippen LogP contribution in [0.15, 0.2) is 24.3 Å². The standard InChI is InChI=1S/C13H14F3NO2/c1-9(11-6-17(7-11)19-8-18)10-2-4-12(5-3-10)13(14,15)16/h2-5,8-9,11H,6-7H2,1H3. The van der Waals surface area contributed by atoms with E-state index in [4.69, 9.17) is 0 Å². The van der Waals surface area contributed by atoms with Gasteiger partial charge in [-0.2, -0.15) is 13.2 Å². The van der Waals surface area contributed by atoms with Gasteiger partial charge in [-0.25, -0.2) is 0 Å². The van der Waals surface area contributed by atoms with E-state index in [2.05, 4.69) is 4.84 Å². The maximum absolute atomic E-state index is 12.4. The zero-order valence-electron chi connectivity index (χ0n) is 10.4. The summed E-state index contributed by atoms with van der Waals surface area (Å²) in [5, 5.41) is 1.53. The SMILES string of the molecule is CC(c1ccc(C(F)(F)F)cc1)C1CN(OC=O)C1. The first-order valence-electron chi connectivity index (χ1n) is 5.94. The summed E-state index contributed by atoms with van der Waals surface area (Å²) in [4.78, 5) is 14.8. The molecule has 0 saturated carbocycles. The van der Waals surface area contributed by atoms with Crippen LogP contribution < -0.4 is 0 Å². The van der Waals surface area contributed by atoms with E-state index in [1.54, 1.807) is 0 Å². The van der Waals surface area contributed by atoms with Crippen molar-refractivity contribution in [2.45, 2.75) is 19.0 Å². The second-order valence-corrected chi connectivity index (χ2v) is 4.72. The average Bonchev–Trinajstić information content (AvgIpc) is 2.31. The van der Waals surface area contributed by atoms with Crippen LogP contribution >= 0.6 is 0 Å². The Morgan fingerprint density at radius 1 is 1.32 bits per heavy atom. The summed E-state index contributed by atoms with van der Waals surface area (Å²) in [7, 11) is 0. The van der Waals surface area contributed by atoms with Crippen LogP contribution in [0.4, 0.5) is 13.2 Å². The molecule has 0 amide bonds. The van der Waals surface area contributed by atoms with Crippen molar-refractivity contribution in [1.82, 2.24) is 5.06 Å². The van der Waals surface area contributed by atoms with E-state index in [0.29, 0.717) is 19.6 Å². The summed E-state index contributed by atoms with van der Waals surface area (Å²) in [5.41, 5.74) is 0.228. The van der Waals surface area contributed by atoms with E-state index >= 15 is 0 Å². The maximum Gasteiger partial charge on any atom is 0.416 e. The summed E-state index contributed by atoms with van der Waals surface area (Å²) in [6, 6.07) is 5.22. The van der Waals surface area contributed by atoms with Crippen molar-refractivity contribution < 1.29 is 22.8 Å². The second-order valence-electron chi connectivity index (χ2n) is 4.72. The lowest BCUT2D eigenvalue weighted by Gasteiger charge is -2.39. The Kier molecular flexibility index (Phi) is 3.80. The average molecular weight is 273 g/mol. The molecule has 2 rings (SSSR count). The van der Waals surface area contributed by atoms with Gasteiger partial charge in [0, 0.05) is 13.1 Å². The van der Waals surface area contributed by atoms with Crippen LogP contribution in [0.3, 0.4) is 0 Å². The Balaban J connectivity index is 1.97. The normalized spacial score (nSPS) is 18.7. The molecule has 0 aromatic heterocycles. The van der Waals surface area contributed by atoms with Gasteiger partial charge in [0.15, 0.2) is 0 Å². The molecule has 1 atom stereocenters. The smallest absolute Gasteiger partial charge is 0.371 e. The van der Waals surface area contributed by atoms with E-state index in [1.165, 1.54) is 17.2 Å². The summed E-state index contributed by atoms with van der Waals surface area (Å²) >= 11 is 0. The molecule has 3 nitrogen and oxygen atoms in total. The highest BCUT2D eigenvalue weighted by molar-refractivity contribution is 5.36. The molecule has 1 aromatic rings. The van der Waals surface area contributed by atoms with Crippen molar-refractivity contribution >= 4 is 6.47 Å². The maximum atomic E-state index is 12.4. The molecule has 0 radical (unpaired) electrons. The van der Waals surface area contributed by atoms with Crippen molar-refractivity contribution in [3.63, 3.8) is 0 Å². The van der Waals surface area contributed by atoms with Crippen LogP contribution in [0.1, 0.15) is 24.0 Å². The fourth-order valence-electron chi connectivity index (χ4n) is 2.18. The number of nitrogens with zero attached hydrogens (tertiary/aromatic N) is 1. The van der Waals surface area contributed by atoms with Crippen molar-refractivity contribution in [3.8, 4) is 0 Å². The molecule has 0 aliphatic carbocycles. The molecular weight excluding hydrogens is 259 g/mol. The second kappa shape index (κ2) is 5.21. The van der Waals surface area contributed by atoms with Gasteiger partial charge < -0.3 is 4.84 Å². The predicted molar refractivity (Wildman–Crippen MR) is 62.1 cm³/mol. The van der Waals surface area contributed by atoms with Crippen molar-refractivity contribution in [1.29, 1.82) is 0 Å². The zero-order chi connectivity index (χ0) is 14.0. The Labute approximate surface area is 108 Å². The molecule has 19 heavy (non-hydrogen) atoms. The molecule has 1 heterocycles. The molecular formula is C13H14F3NO2. The number of hydrogen-bond acceptors (Lipinski definition) is 3. The first-order valence-corrected chi connectivity index (χ1v) is 5.94. The Bertz CT molecular complexity index is 438. The van der Waals surface area contributed by atoms with Crippen molar-refractivity contribution in [2.24, 2.45) is 5.92 Å². The van der Waals surface area contributed by atoms with Crippen LogP contribution in [0.5, 0.6) is 0 Å². The van der Waals surface area contributed by atoms with Crippen LogP contribution in [-0.4, -0.2) is 24.6 Å². The highest BCUT2D eigenvalue weighted by Crippen LogP contribution is 2.34. The number of hydrogen-bond donors (Lipinski definition) is 0. The van der Waals surface area contributed by atoms with Gasteiger partial charge in [0.25, 0.3) is 0 Å². The number of halogens is 3. The number of alkyl halides is 3. The minimum absolute atomic E-state index is 0.133. The highest BCUT2D eigenvalue weighted by atomic mass is 19.4. The molecule has 0 spiro atoms. The van der Waals surface area contributed by atoms with Gasteiger partial charge in [-0.15, -0.1) is 5.06 Å². The number of carbonyl (C=O) groups is 1. The largest absolute Gasteiger partial charge is 0.416 e. The minimum Gasteiger partial charge on any atom is -0.371 e. The highest BCUT2D eigenvalue weighted by Gasteiger charge is 2.34. The monoisotopic (exact) mass is 273 g/mol. The molecule has 1 aliphatic rings. The quantitative estimate of drug-likeness (QED) is 0.790. The van der Waals surface area contributed by atoms with Crippen LogP contribution in [0.25, 0.3) is 0 Å². The number of hydroxylamine groups is 2. The van der Waals surface area contributed by atoms with E-state index < -0.39 is 11.7 Å². The molecule has 1 saturated heterocycles. The fraction of sp³-hybridized carbons (Fsp3) is 0.462. The van der Waals surface area contributed by atoms with E-state index in [-0.39, 0.29) is 11.8 Å². The molecule has 104 valence electrons. The van der Waals surface area contributed by atoms with Gasteiger partial charge in [0.2, 0.25) is 0 Å². The van der Waals surface area contributed by atoms with Crippen LogP contribution in [0.2, 0.25) is 0 Å². The van der Waals surface area contributed by atoms with Crippen molar-refractivity contribution in [2.75, 3.05) is 13.1 Å². The number of rotatable bonds is 4. The lowest BCUT2D eigenvalue weighted by molar-refractivity contribution is -0.207. The summed E-state index contributed by atoms with van der Waals surface area (Å²) in [6.07, 6.45) is -4.30.